The Balaban J connectivity index is 1.30. The predicted molar refractivity (Wildman–Crippen MR) is 148 cm³/mol. The van der Waals surface area contributed by atoms with Gasteiger partial charge in [0.05, 0.1) is 10.6 Å². The van der Waals surface area contributed by atoms with Crippen LogP contribution >= 0.6 is 23.2 Å². The number of ether oxygens (including phenoxy) is 2. The molecule has 2 aliphatic heterocycles. The van der Waals surface area contributed by atoms with Gasteiger partial charge in [0.15, 0.2) is 11.5 Å². The second-order valence-electron chi connectivity index (χ2n) is 9.54. The van der Waals surface area contributed by atoms with Crippen LogP contribution in [0.5, 0.6) is 11.5 Å². The molecule has 39 heavy (non-hydrogen) atoms. The summed E-state index contributed by atoms with van der Waals surface area (Å²) in [6.07, 6.45) is 0.323. The van der Waals surface area contributed by atoms with E-state index in [2.05, 4.69) is 5.32 Å². The Morgan fingerprint density at radius 2 is 1.74 bits per heavy atom. The maximum absolute atomic E-state index is 13.8. The van der Waals surface area contributed by atoms with Crippen LogP contribution in [0.1, 0.15) is 33.2 Å². The highest BCUT2D eigenvalue weighted by Gasteiger charge is 2.34. The largest absolute Gasteiger partial charge is 0.454 e. The Labute approximate surface area is 236 Å². The molecule has 1 saturated heterocycles. The monoisotopic (exact) mass is 567 g/mol. The van der Waals surface area contributed by atoms with Crippen LogP contribution in [-0.2, 0) is 11.2 Å². The molecule has 8 nitrogen and oxygen atoms in total. The van der Waals surface area contributed by atoms with Gasteiger partial charge in [-0.25, -0.2) is 0 Å². The van der Waals surface area contributed by atoms with Crippen molar-refractivity contribution in [1.29, 1.82) is 0 Å². The summed E-state index contributed by atoms with van der Waals surface area (Å²) in [7, 11) is 0. The fourth-order valence-electron chi connectivity index (χ4n) is 4.83. The molecule has 202 valence electrons. The minimum Gasteiger partial charge on any atom is -0.454 e. The number of rotatable bonds is 6. The molecular weight excluding hydrogens is 541 g/mol. The van der Waals surface area contributed by atoms with E-state index in [1.807, 2.05) is 37.3 Å². The van der Waals surface area contributed by atoms with Crippen molar-refractivity contribution in [1.82, 2.24) is 15.1 Å². The van der Waals surface area contributed by atoms with Crippen LogP contribution in [-0.4, -0.2) is 66.0 Å². The molecule has 2 unspecified atom stereocenters. The molecule has 0 saturated carbocycles. The van der Waals surface area contributed by atoms with E-state index in [0.29, 0.717) is 53.7 Å². The lowest BCUT2D eigenvalue weighted by Crippen LogP contribution is -2.59. The maximum Gasteiger partial charge on any atom is 0.255 e. The van der Waals surface area contributed by atoms with Gasteiger partial charge in [0, 0.05) is 42.7 Å². The van der Waals surface area contributed by atoms with Gasteiger partial charge in [0.25, 0.3) is 11.8 Å². The summed E-state index contributed by atoms with van der Waals surface area (Å²) in [4.78, 5) is 43.6. The molecule has 5 rings (SSSR count). The van der Waals surface area contributed by atoms with Gasteiger partial charge in [0.2, 0.25) is 12.7 Å². The Kier molecular flexibility index (Phi) is 7.95. The summed E-state index contributed by atoms with van der Waals surface area (Å²) < 4.78 is 10.7. The molecule has 1 fully saturated rings. The lowest BCUT2D eigenvalue weighted by atomic mass is 10.0. The summed E-state index contributed by atoms with van der Waals surface area (Å²) >= 11 is 12.2. The fraction of sp³-hybridized carbons (Fsp3) is 0.276. The Morgan fingerprint density at radius 3 is 2.49 bits per heavy atom. The van der Waals surface area contributed by atoms with Crippen LogP contribution < -0.4 is 14.8 Å². The van der Waals surface area contributed by atoms with E-state index in [1.54, 1.807) is 40.1 Å². The van der Waals surface area contributed by atoms with Crippen LogP contribution in [0.3, 0.4) is 0 Å². The molecule has 2 atom stereocenters. The second kappa shape index (κ2) is 11.6. The topological polar surface area (TPSA) is 88.2 Å². The first-order chi connectivity index (χ1) is 18.8. The third-order valence-corrected chi connectivity index (χ3v) is 7.43. The molecule has 3 aromatic rings. The number of nitrogens with zero attached hydrogens (tertiary/aromatic N) is 2. The van der Waals surface area contributed by atoms with Crippen molar-refractivity contribution in [2.75, 3.05) is 26.4 Å². The summed E-state index contributed by atoms with van der Waals surface area (Å²) in [5.74, 6) is 0.250. The number of amides is 3. The van der Waals surface area contributed by atoms with Crippen molar-refractivity contribution >= 4 is 40.9 Å². The highest BCUT2D eigenvalue weighted by molar-refractivity contribution is 6.36. The van der Waals surface area contributed by atoms with Gasteiger partial charge in [-0.05, 0) is 48.9 Å². The van der Waals surface area contributed by atoms with E-state index in [-0.39, 0.29) is 35.6 Å². The van der Waals surface area contributed by atoms with Gasteiger partial charge in [-0.1, -0.05) is 53.5 Å². The number of fused-ring (bicyclic) bond motifs is 1. The van der Waals surface area contributed by atoms with E-state index < -0.39 is 6.04 Å². The molecule has 2 heterocycles. The van der Waals surface area contributed by atoms with Gasteiger partial charge in [-0.15, -0.1) is 0 Å². The number of halogens is 2. The van der Waals surface area contributed by atoms with Crippen LogP contribution in [0.25, 0.3) is 0 Å². The van der Waals surface area contributed by atoms with Gasteiger partial charge < -0.3 is 24.6 Å². The van der Waals surface area contributed by atoms with Gasteiger partial charge >= 0.3 is 0 Å². The Hall–Kier alpha value is -3.75. The number of carbonyl (C=O) groups is 3. The molecule has 0 aromatic heterocycles. The summed E-state index contributed by atoms with van der Waals surface area (Å²) in [6, 6.07) is 18.2. The van der Waals surface area contributed by atoms with Gasteiger partial charge in [0.1, 0.15) is 6.04 Å². The average molecular weight is 568 g/mol. The van der Waals surface area contributed by atoms with Crippen molar-refractivity contribution in [2.45, 2.75) is 25.4 Å². The van der Waals surface area contributed by atoms with E-state index in [4.69, 9.17) is 32.7 Å². The summed E-state index contributed by atoms with van der Waals surface area (Å²) in [5, 5.41) is 3.66. The highest BCUT2D eigenvalue weighted by Crippen LogP contribution is 2.32. The summed E-state index contributed by atoms with van der Waals surface area (Å²) in [6.45, 7) is 2.97. The van der Waals surface area contributed by atoms with Crippen LogP contribution in [0.2, 0.25) is 10.0 Å². The van der Waals surface area contributed by atoms with Gasteiger partial charge in [-0.2, -0.15) is 0 Å². The van der Waals surface area contributed by atoms with E-state index in [0.717, 1.165) is 5.56 Å². The summed E-state index contributed by atoms with van der Waals surface area (Å²) in [5.41, 5.74) is 1.65. The number of piperazine rings is 1. The van der Waals surface area contributed by atoms with Crippen molar-refractivity contribution in [2.24, 2.45) is 0 Å². The normalized spacial score (nSPS) is 17.1. The first kappa shape index (κ1) is 26.8. The number of carbonyl (C=O) groups excluding carboxylic acids is 3. The molecule has 0 radical (unpaired) electrons. The molecular formula is C29H27Cl2N3O5. The molecule has 2 aliphatic rings. The number of nitrogens with one attached hydrogen (secondary N) is 1. The average Bonchev–Trinajstić information content (AvgIpc) is 3.40. The SMILES string of the molecule is CC1CN(C(=O)C(Cc2ccccc2)NC(=O)c2ccc3c(c2)OCO3)CCN1C(=O)c1ccc(Cl)cc1Cl. The lowest BCUT2D eigenvalue weighted by molar-refractivity contribution is -0.135. The van der Waals surface area contributed by atoms with E-state index >= 15 is 0 Å². The maximum atomic E-state index is 13.8. The Bertz CT molecular complexity index is 1400. The van der Waals surface area contributed by atoms with Crippen molar-refractivity contribution in [3.05, 3.63) is 93.5 Å². The molecule has 3 aromatic carbocycles. The first-order valence-corrected chi connectivity index (χ1v) is 13.3. The third kappa shape index (κ3) is 5.97. The van der Waals surface area contributed by atoms with Crippen LogP contribution in [0.15, 0.2) is 66.7 Å². The molecule has 0 bridgehead atoms. The number of hydrogen-bond donors (Lipinski definition) is 1. The van der Waals surface area contributed by atoms with E-state index in [1.165, 1.54) is 6.07 Å². The number of benzene rings is 3. The second-order valence-corrected chi connectivity index (χ2v) is 10.4. The highest BCUT2D eigenvalue weighted by atomic mass is 35.5. The quantitative estimate of drug-likeness (QED) is 0.476. The number of hydrogen-bond acceptors (Lipinski definition) is 5. The zero-order valence-corrected chi connectivity index (χ0v) is 22.7. The Morgan fingerprint density at radius 1 is 0.974 bits per heavy atom. The smallest absolute Gasteiger partial charge is 0.255 e. The standard InChI is InChI=1S/C29H27Cl2N3O5/c1-18-16-33(11-12-34(18)28(36)22-9-8-21(30)15-23(22)31)29(37)24(13-19-5-3-2-4-6-19)32-27(35)20-7-10-25-26(14-20)39-17-38-25/h2-10,14-15,18,24H,11-13,16-17H2,1H3,(H,32,35). The minimum absolute atomic E-state index is 0.104. The molecule has 3 amide bonds. The van der Waals surface area contributed by atoms with Crippen LogP contribution in [0.4, 0.5) is 0 Å². The predicted octanol–water partition coefficient (Wildman–Crippen LogP) is 4.44. The molecule has 0 spiro atoms. The lowest BCUT2D eigenvalue weighted by Gasteiger charge is -2.41. The van der Waals surface area contributed by atoms with E-state index in [9.17, 15) is 14.4 Å². The first-order valence-electron chi connectivity index (χ1n) is 12.6. The molecule has 1 N–H and O–H groups in total. The molecule has 10 heteroatoms. The van der Waals surface area contributed by atoms with Crippen LogP contribution in [0, 0.1) is 0 Å². The zero-order valence-electron chi connectivity index (χ0n) is 21.2. The van der Waals surface area contributed by atoms with Crippen molar-refractivity contribution in [3.8, 4) is 11.5 Å². The fourth-order valence-corrected chi connectivity index (χ4v) is 5.32. The van der Waals surface area contributed by atoms with Crippen molar-refractivity contribution < 1.29 is 23.9 Å². The third-order valence-electron chi connectivity index (χ3n) is 6.88. The minimum atomic E-state index is -0.800. The zero-order chi connectivity index (χ0) is 27.5. The van der Waals surface area contributed by atoms with Crippen molar-refractivity contribution in [3.63, 3.8) is 0 Å². The van der Waals surface area contributed by atoms with Gasteiger partial charge in [-0.3, -0.25) is 14.4 Å². The molecule has 0 aliphatic carbocycles.